The summed E-state index contributed by atoms with van der Waals surface area (Å²) in [5, 5.41) is 5.41. The molecule has 2 rings (SSSR count). The molecule has 5 heteroatoms. The fraction of sp³-hybridized carbons (Fsp3) is 0.231. The third-order valence-electron chi connectivity index (χ3n) is 2.65. The highest BCUT2D eigenvalue weighted by atomic mass is 79.9. The molecule has 0 fully saturated rings. The minimum atomic E-state index is -0.273. The first kappa shape index (κ1) is 12.8. The summed E-state index contributed by atoms with van der Waals surface area (Å²) in [6.45, 7) is 0.682. The number of benzene rings is 1. The molecule has 0 aliphatic carbocycles. The Morgan fingerprint density at radius 1 is 1.33 bits per heavy atom. The summed E-state index contributed by atoms with van der Waals surface area (Å²) in [5.74, 6) is 0.559. The number of hydrogen-bond acceptors (Lipinski definition) is 3. The van der Waals surface area contributed by atoms with Crippen molar-refractivity contribution in [3.8, 4) is 0 Å². The molecule has 1 aromatic carbocycles. The van der Waals surface area contributed by atoms with Gasteiger partial charge in [-0.2, -0.15) is 0 Å². The highest BCUT2D eigenvalue weighted by Crippen LogP contribution is 2.27. The van der Waals surface area contributed by atoms with Gasteiger partial charge in [0.2, 0.25) is 5.91 Å². The van der Waals surface area contributed by atoms with Crippen molar-refractivity contribution in [3.05, 3.63) is 34.9 Å². The number of anilines is 1. The number of nitrogens with one attached hydrogen (secondary N) is 1. The number of hydrogen-bond donors (Lipinski definition) is 2. The van der Waals surface area contributed by atoms with Crippen molar-refractivity contribution in [2.75, 3.05) is 11.9 Å². The summed E-state index contributed by atoms with van der Waals surface area (Å²) in [4.78, 5) is 15.0. The molecule has 18 heavy (non-hydrogen) atoms. The van der Waals surface area contributed by atoms with Gasteiger partial charge in [-0.15, -0.1) is 0 Å². The number of rotatable bonds is 5. The van der Waals surface area contributed by atoms with Gasteiger partial charge in [0, 0.05) is 34.4 Å². The summed E-state index contributed by atoms with van der Waals surface area (Å²) in [6, 6.07) is 7.96. The number of carbonyl (C=O) groups is 1. The van der Waals surface area contributed by atoms with Crippen LogP contribution in [0.25, 0.3) is 10.8 Å². The number of nitrogens with zero attached hydrogens (tertiary/aromatic N) is 1. The highest BCUT2D eigenvalue weighted by molar-refractivity contribution is 9.10. The van der Waals surface area contributed by atoms with Gasteiger partial charge in [-0.25, -0.2) is 4.98 Å². The van der Waals surface area contributed by atoms with Crippen molar-refractivity contribution >= 4 is 38.4 Å². The summed E-state index contributed by atoms with van der Waals surface area (Å²) in [5.41, 5.74) is 5.09. The summed E-state index contributed by atoms with van der Waals surface area (Å²) >= 11 is 3.52. The van der Waals surface area contributed by atoms with Gasteiger partial charge in [-0.3, -0.25) is 4.79 Å². The van der Waals surface area contributed by atoms with Crippen molar-refractivity contribution in [2.24, 2.45) is 5.73 Å². The largest absolute Gasteiger partial charge is 0.370 e. The average molecular weight is 308 g/mol. The quantitative estimate of drug-likeness (QED) is 0.835. The zero-order valence-corrected chi connectivity index (χ0v) is 11.4. The molecular formula is C13H14BrN3O. The highest BCUT2D eigenvalue weighted by Gasteiger charge is 2.04. The zero-order chi connectivity index (χ0) is 13.0. The smallest absolute Gasteiger partial charge is 0.217 e. The standard InChI is InChI=1S/C13H14BrN3O/c14-11-4-1-3-10-9(11)6-8-17-13(10)16-7-2-5-12(15)18/h1,3-4,6,8H,2,5,7H2,(H2,15,18)(H,16,17). The third-order valence-corrected chi connectivity index (χ3v) is 3.34. The SMILES string of the molecule is NC(=O)CCCNc1nccc2c(Br)cccc12. The molecule has 3 N–H and O–H groups in total. The lowest BCUT2D eigenvalue weighted by Gasteiger charge is -2.08. The molecule has 2 aromatic rings. The molecule has 94 valence electrons. The van der Waals surface area contributed by atoms with Gasteiger partial charge in [0.05, 0.1) is 0 Å². The molecule has 0 aliphatic rings. The molecule has 1 amide bonds. The van der Waals surface area contributed by atoms with Gasteiger partial charge in [0.15, 0.2) is 0 Å². The van der Waals surface area contributed by atoms with Crippen molar-refractivity contribution in [3.63, 3.8) is 0 Å². The molecule has 4 nitrogen and oxygen atoms in total. The Bertz CT molecular complexity index is 571. The molecule has 1 heterocycles. The van der Waals surface area contributed by atoms with Crippen LogP contribution >= 0.6 is 15.9 Å². The van der Waals surface area contributed by atoms with E-state index in [0.717, 1.165) is 21.1 Å². The van der Waals surface area contributed by atoms with Crippen LogP contribution < -0.4 is 11.1 Å². The Hall–Kier alpha value is -1.62. The van der Waals surface area contributed by atoms with Gasteiger partial charge in [0.25, 0.3) is 0 Å². The minimum Gasteiger partial charge on any atom is -0.370 e. The number of primary amides is 1. The van der Waals surface area contributed by atoms with Crippen LogP contribution in [0.1, 0.15) is 12.8 Å². The maximum atomic E-state index is 10.6. The molecule has 0 atom stereocenters. The van der Waals surface area contributed by atoms with E-state index in [1.165, 1.54) is 0 Å². The van der Waals surface area contributed by atoms with Gasteiger partial charge in [-0.05, 0) is 18.6 Å². The van der Waals surface area contributed by atoms with Gasteiger partial charge in [-0.1, -0.05) is 28.1 Å². The lowest BCUT2D eigenvalue weighted by Crippen LogP contribution is -2.13. The van der Waals surface area contributed by atoms with E-state index >= 15 is 0 Å². The van der Waals surface area contributed by atoms with Crippen molar-refractivity contribution in [1.29, 1.82) is 0 Å². The van der Waals surface area contributed by atoms with Crippen LogP contribution in [0, 0.1) is 0 Å². The minimum absolute atomic E-state index is 0.273. The number of halogens is 1. The van der Waals surface area contributed by atoms with E-state index in [2.05, 4.69) is 26.2 Å². The fourth-order valence-electron chi connectivity index (χ4n) is 1.78. The summed E-state index contributed by atoms with van der Waals surface area (Å²) in [7, 11) is 0. The number of fused-ring (bicyclic) bond motifs is 1. The topological polar surface area (TPSA) is 68.0 Å². The third kappa shape index (κ3) is 2.98. The number of amides is 1. The number of pyridine rings is 1. The Morgan fingerprint density at radius 3 is 2.94 bits per heavy atom. The van der Waals surface area contributed by atoms with Crippen LogP contribution in [0.2, 0.25) is 0 Å². The average Bonchev–Trinajstić information content (AvgIpc) is 2.35. The Balaban J connectivity index is 2.13. The predicted octanol–water partition coefficient (Wildman–Crippen LogP) is 2.67. The van der Waals surface area contributed by atoms with E-state index in [4.69, 9.17) is 5.73 Å². The number of nitrogens with two attached hydrogens (primary N) is 1. The van der Waals surface area contributed by atoms with E-state index in [0.29, 0.717) is 19.4 Å². The van der Waals surface area contributed by atoms with E-state index in [1.54, 1.807) is 6.20 Å². The maximum Gasteiger partial charge on any atom is 0.217 e. The van der Waals surface area contributed by atoms with Crippen molar-refractivity contribution in [2.45, 2.75) is 12.8 Å². The van der Waals surface area contributed by atoms with E-state index in [-0.39, 0.29) is 5.91 Å². The maximum absolute atomic E-state index is 10.6. The van der Waals surface area contributed by atoms with Crippen LogP contribution in [-0.2, 0) is 4.79 Å². The second-order valence-electron chi connectivity index (χ2n) is 3.99. The molecule has 0 unspecified atom stereocenters. The molecule has 0 saturated carbocycles. The lowest BCUT2D eigenvalue weighted by molar-refractivity contribution is -0.118. The van der Waals surface area contributed by atoms with Crippen LogP contribution in [0.4, 0.5) is 5.82 Å². The second kappa shape index (κ2) is 5.82. The van der Waals surface area contributed by atoms with E-state index in [1.807, 2.05) is 24.3 Å². The van der Waals surface area contributed by atoms with Crippen LogP contribution in [0.3, 0.4) is 0 Å². The first-order valence-corrected chi connectivity index (χ1v) is 6.53. The van der Waals surface area contributed by atoms with E-state index < -0.39 is 0 Å². The predicted molar refractivity (Wildman–Crippen MR) is 76.4 cm³/mol. The fourth-order valence-corrected chi connectivity index (χ4v) is 2.28. The Labute approximate surface area is 114 Å². The number of carbonyl (C=O) groups excluding carboxylic acids is 1. The van der Waals surface area contributed by atoms with Gasteiger partial charge < -0.3 is 11.1 Å². The molecule has 0 bridgehead atoms. The van der Waals surface area contributed by atoms with Crippen molar-refractivity contribution in [1.82, 2.24) is 4.98 Å². The molecule has 0 aliphatic heterocycles. The Kier molecular flexibility index (Phi) is 4.15. The molecule has 0 spiro atoms. The van der Waals surface area contributed by atoms with Gasteiger partial charge in [0.1, 0.15) is 5.82 Å². The normalized spacial score (nSPS) is 10.5. The summed E-state index contributed by atoms with van der Waals surface area (Å²) in [6.07, 6.45) is 2.87. The number of aromatic nitrogens is 1. The first-order valence-electron chi connectivity index (χ1n) is 5.74. The monoisotopic (exact) mass is 307 g/mol. The lowest BCUT2D eigenvalue weighted by atomic mass is 10.1. The molecule has 0 radical (unpaired) electrons. The molecule has 1 aromatic heterocycles. The molecular weight excluding hydrogens is 294 g/mol. The van der Waals surface area contributed by atoms with Gasteiger partial charge >= 0.3 is 0 Å². The second-order valence-corrected chi connectivity index (χ2v) is 4.85. The summed E-state index contributed by atoms with van der Waals surface area (Å²) < 4.78 is 1.04. The molecule has 0 saturated heterocycles. The van der Waals surface area contributed by atoms with E-state index in [9.17, 15) is 4.79 Å². The van der Waals surface area contributed by atoms with Crippen LogP contribution in [0.15, 0.2) is 34.9 Å². The Morgan fingerprint density at radius 2 is 2.17 bits per heavy atom. The van der Waals surface area contributed by atoms with Crippen molar-refractivity contribution < 1.29 is 4.79 Å². The van der Waals surface area contributed by atoms with Crippen LogP contribution in [0.5, 0.6) is 0 Å². The van der Waals surface area contributed by atoms with Crippen LogP contribution in [-0.4, -0.2) is 17.4 Å². The first-order chi connectivity index (χ1) is 8.68. The zero-order valence-electron chi connectivity index (χ0n) is 9.82.